The van der Waals surface area contributed by atoms with Gasteiger partial charge in [-0.2, -0.15) is 11.3 Å². The van der Waals surface area contributed by atoms with Crippen LogP contribution in [-0.2, 0) is 23.1 Å². The van der Waals surface area contributed by atoms with Crippen LogP contribution >= 0.6 is 22.9 Å². The van der Waals surface area contributed by atoms with Crippen molar-refractivity contribution < 1.29 is 23.4 Å². The number of nitrogens with zero attached hydrogens (tertiary/aromatic N) is 2. The van der Waals surface area contributed by atoms with Crippen LogP contribution in [0.3, 0.4) is 0 Å². The minimum absolute atomic E-state index is 0.0411. The Balaban J connectivity index is 1.37. The van der Waals surface area contributed by atoms with Gasteiger partial charge in [-0.1, -0.05) is 41.9 Å². The van der Waals surface area contributed by atoms with E-state index in [2.05, 4.69) is 9.71 Å². The fraction of sp³-hybridized carbons (Fsp3) is 0.0667. The summed E-state index contributed by atoms with van der Waals surface area (Å²) in [5, 5.41) is 23.9. The summed E-state index contributed by atoms with van der Waals surface area (Å²) in [6.07, 6.45) is 1.60. The molecule has 0 saturated heterocycles. The molecule has 2 aromatic heterocycles. The van der Waals surface area contributed by atoms with Gasteiger partial charge in [0, 0.05) is 18.0 Å². The van der Waals surface area contributed by atoms with Crippen LogP contribution in [0.1, 0.15) is 21.6 Å². The second-order valence-corrected chi connectivity index (χ2v) is 12.0. The van der Waals surface area contributed by atoms with E-state index in [1.165, 1.54) is 34.4 Å². The molecule has 0 aliphatic rings. The number of phenols is 2. The van der Waals surface area contributed by atoms with E-state index in [0.717, 1.165) is 22.8 Å². The Kier molecular flexibility index (Phi) is 8.36. The number of carbonyl (C=O) groups is 1. The molecule has 0 radical (unpaired) electrons. The average molecular weight is 606 g/mol. The SMILES string of the molecule is O=C(c1cc(Cl)c(O)cc1O)N(Cc1ccsc1)c1ccc(-c2ccc(S(=O)(=O)NCc3ccccn3)cc2)cc1. The molecule has 3 N–H and O–H groups in total. The van der Waals surface area contributed by atoms with E-state index in [4.69, 9.17) is 11.6 Å². The maximum atomic E-state index is 13.5. The molecular formula is C30H24ClN3O5S2. The number of aromatic hydroxyl groups is 2. The van der Waals surface area contributed by atoms with E-state index < -0.39 is 15.9 Å². The van der Waals surface area contributed by atoms with E-state index in [9.17, 15) is 23.4 Å². The molecule has 5 rings (SSSR count). The van der Waals surface area contributed by atoms with E-state index in [1.807, 2.05) is 29.0 Å². The van der Waals surface area contributed by atoms with Crippen molar-refractivity contribution in [3.63, 3.8) is 0 Å². The Hall–Kier alpha value is -4.22. The molecule has 0 atom stereocenters. The third-order valence-corrected chi connectivity index (χ3v) is 8.76. The fourth-order valence-corrected chi connectivity index (χ4v) is 5.95. The summed E-state index contributed by atoms with van der Waals surface area (Å²) in [4.78, 5) is 19.3. The number of pyridine rings is 1. The zero-order valence-corrected chi connectivity index (χ0v) is 23.8. The molecule has 208 valence electrons. The zero-order chi connectivity index (χ0) is 29.0. The van der Waals surface area contributed by atoms with Gasteiger partial charge in [0.05, 0.1) is 34.3 Å². The molecule has 11 heteroatoms. The maximum absolute atomic E-state index is 13.5. The second kappa shape index (κ2) is 12.1. The van der Waals surface area contributed by atoms with Crippen LogP contribution in [0.25, 0.3) is 11.1 Å². The highest BCUT2D eigenvalue weighted by molar-refractivity contribution is 7.89. The highest BCUT2D eigenvalue weighted by Crippen LogP contribution is 2.34. The standard InChI is InChI=1S/C30H24ClN3O5S2/c31-27-15-26(28(35)16-29(27)36)30(37)34(18-20-12-14-40-19-20)24-8-4-21(5-9-24)22-6-10-25(11-7-22)41(38,39)33-17-23-3-1-2-13-32-23/h1-16,19,33,35-36H,17-18H2. The average Bonchev–Trinajstić information content (AvgIpc) is 3.51. The quantitative estimate of drug-likeness (QED) is 0.184. The first-order valence-electron chi connectivity index (χ1n) is 12.4. The lowest BCUT2D eigenvalue weighted by atomic mass is 10.0. The number of rotatable bonds is 9. The molecule has 0 aliphatic carbocycles. The lowest BCUT2D eigenvalue weighted by Crippen LogP contribution is -2.30. The number of aromatic nitrogens is 1. The number of sulfonamides is 1. The Morgan fingerprint density at radius 1 is 0.927 bits per heavy atom. The predicted octanol–water partition coefficient (Wildman–Crippen LogP) is 6.20. The first-order valence-corrected chi connectivity index (χ1v) is 15.2. The summed E-state index contributed by atoms with van der Waals surface area (Å²) >= 11 is 7.53. The molecule has 0 saturated carbocycles. The van der Waals surface area contributed by atoms with Crippen LogP contribution in [0.15, 0.2) is 107 Å². The molecule has 2 heterocycles. The van der Waals surface area contributed by atoms with Gasteiger partial charge in [-0.15, -0.1) is 0 Å². The van der Waals surface area contributed by atoms with Gasteiger partial charge in [0.2, 0.25) is 10.0 Å². The van der Waals surface area contributed by atoms with E-state index in [0.29, 0.717) is 11.4 Å². The summed E-state index contributed by atoms with van der Waals surface area (Å²) in [6, 6.07) is 23.2. The van der Waals surface area contributed by atoms with Crippen molar-refractivity contribution in [2.75, 3.05) is 4.90 Å². The first-order chi connectivity index (χ1) is 19.7. The van der Waals surface area contributed by atoms with Crippen LogP contribution in [0.5, 0.6) is 11.5 Å². The van der Waals surface area contributed by atoms with Crippen LogP contribution in [0, 0.1) is 0 Å². The largest absolute Gasteiger partial charge is 0.507 e. The number of anilines is 1. The number of hydrogen-bond acceptors (Lipinski definition) is 7. The van der Waals surface area contributed by atoms with Crippen LogP contribution in [0.4, 0.5) is 5.69 Å². The highest BCUT2D eigenvalue weighted by atomic mass is 35.5. The van der Waals surface area contributed by atoms with Crippen LogP contribution in [0.2, 0.25) is 5.02 Å². The van der Waals surface area contributed by atoms with Gasteiger partial charge in [-0.3, -0.25) is 9.78 Å². The van der Waals surface area contributed by atoms with Crippen LogP contribution in [-0.4, -0.2) is 29.5 Å². The topological polar surface area (TPSA) is 120 Å². The molecule has 5 aromatic rings. The van der Waals surface area contributed by atoms with Gasteiger partial charge >= 0.3 is 0 Å². The van der Waals surface area contributed by atoms with E-state index in [1.54, 1.807) is 48.7 Å². The molecule has 1 amide bonds. The third-order valence-electron chi connectivity index (χ3n) is 6.31. The van der Waals surface area contributed by atoms with Gasteiger partial charge in [0.15, 0.2) is 0 Å². The zero-order valence-electron chi connectivity index (χ0n) is 21.4. The monoisotopic (exact) mass is 605 g/mol. The van der Waals surface area contributed by atoms with Crippen molar-refractivity contribution in [2.45, 2.75) is 18.0 Å². The van der Waals surface area contributed by atoms with Crippen molar-refractivity contribution in [3.8, 4) is 22.6 Å². The van der Waals surface area contributed by atoms with Crippen LogP contribution < -0.4 is 9.62 Å². The summed E-state index contributed by atoms with van der Waals surface area (Å²) in [6.45, 7) is 0.332. The minimum Gasteiger partial charge on any atom is -0.507 e. The Labute approximate surface area is 246 Å². The van der Waals surface area contributed by atoms with Crippen molar-refractivity contribution >= 4 is 44.6 Å². The lowest BCUT2D eigenvalue weighted by molar-refractivity contribution is 0.0982. The first kappa shape index (κ1) is 28.3. The Morgan fingerprint density at radius 2 is 1.63 bits per heavy atom. The summed E-state index contributed by atoms with van der Waals surface area (Å²) < 4.78 is 28.0. The van der Waals surface area contributed by atoms with Crippen molar-refractivity contribution in [1.29, 1.82) is 0 Å². The van der Waals surface area contributed by atoms with Gasteiger partial charge in [0.1, 0.15) is 11.5 Å². The Morgan fingerprint density at radius 3 is 2.27 bits per heavy atom. The molecule has 0 bridgehead atoms. The third kappa shape index (κ3) is 6.58. The smallest absolute Gasteiger partial charge is 0.262 e. The number of thiophene rings is 1. The van der Waals surface area contributed by atoms with Gasteiger partial charge < -0.3 is 15.1 Å². The van der Waals surface area contributed by atoms with E-state index >= 15 is 0 Å². The molecule has 0 unspecified atom stereocenters. The number of benzene rings is 3. The normalized spacial score (nSPS) is 11.3. The van der Waals surface area contributed by atoms with Crippen molar-refractivity contribution in [1.82, 2.24) is 9.71 Å². The highest BCUT2D eigenvalue weighted by Gasteiger charge is 2.23. The number of carbonyl (C=O) groups excluding carboxylic acids is 1. The molecule has 3 aromatic carbocycles. The lowest BCUT2D eigenvalue weighted by Gasteiger charge is -2.23. The van der Waals surface area contributed by atoms with E-state index in [-0.39, 0.29) is 40.1 Å². The number of phenolic OH excluding ortho intramolecular Hbond substituents is 2. The van der Waals surface area contributed by atoms with Gasteiger partial charge in [-0.05, 0) is 76.0 Å². The number of halogens is 1. The number of hydrogen-bond donors (Lipinski definition) is 3. The Bertz CT molecular complexity index is 1760. The molecular weight excluding hydrogens is 582 g/mol. The number of amides is 1. The number of nitrogens with one attached hydrogen (secondary N) is 1. The minimum atomic E-state index is -3.72. The summed E-state index contributed by atoms with van der Waals surface area (Å²) in [5.41, 5.74) is 3.66. The second-order valence-electron chi connectivity index (χ2n) is 9.06. The molecule has 0 fully saturated rings. The molecule has 0 spiro atoms. The maximum Gasteiger partial charge on any atom is 0.262 e. The summed E-state index contributed by atoms with van der Waals surface area (Å²) in [5.74, 6) is -1.19. The fourth-order valence-electron chi connectivity index (χ4n) is 4.13. The van der Waals surface area contributed by atoms with Crippen molar-refractivity contribution in [2.24, 2.45) is 0 Å². The molecule has 0 aliphatic heterocycles. The predicted molar refractivity (Wildman–Crippen MR) is 160 cm³/mol. The van der Waals surface area contributed by atoms with Gasteiger partial charge in [0.25, 0.3) is 5.91 Å². The summed E-state index contributed by atoms with van der Waals surface area (Å²) in [7, 11) is -3.72. The molecule has 41 heavy (non-hydrogen) atoms. The van der Waals surface area contributed by atoms with Gasteiger partial charge in [-0.25, -0.2) is 13.1 Å². The van der Waals surface area contributed by atoms with Crippen molar-refractivity contribution in [3.05, 3.63) is 124 Å². The molecule has 8 nitrogen and oxygen atoms in total.